The van der Waals surface area contributed by atoms with Crippen LogP contribution in [0.25, 0.3) is 0 Å². The second-order valence-corrected chi connectivity index (χ2v) is 4.59. The van der Waals surface area contributed by atoms with E-state index in [-0.39, 0.29) is 12.4 Å². The van der Waals surface area contributed by atoms with Gasteiger partial charge < -0.3 is 10.5 Å². The van der Waals surface area contributed by atoms with Gasteiger partial charge in [0.25, 0.3) is 0 Å². The minimum Gasteiger partial charge on any atom is -0.489 e. The van der Waals surface area contributed by atoms with Crippen molar-refractivity contribution < 1.29 is 9.13 Å². The van der Waals surface area contributed by atoms with Crippen LogP contribution in [0.2, 0.25) is 0 Å². The first-order valence-electron chi connectivity index (χ1n) is 6.92. The van der Waals surface area contributed by atoms with E-state index in [4.69, 9.17) is 10.5 Å². The van der Waals surface area contributed by atoms with Gasteiger partial charge in [-0.3, -0.25) is 0 Å². The molecule has 0 spiro atoms. The molecular formula is C18H18FNO. The van der Waals surface area contributed by atoms with Crippen molar-refractivity contribution in [2.75, 3.05) is 6.54 Å². The molecule has 2 N–H and O–H groups in total. The highest BCUT2D eigenvalue weighted by Crippen LogP contribution is 2.17. The summed E-state index contributed by atoms with van der Waals surface area (Å²) in [6.07, 6.45) is 0.997. The van der Waals surface area contributed by atoms with E-state index in [1.807, 2.05) is 24.3 Å². The van der Waals surface area contributed by atoms with Gasteiger partial charge >= 0.3 is 0 Å². The van der Waals surface area contributed by atoms with Gasteiger partial charge in [0.1, 0.15) is 18.2 Å². The zero-order valence-electron chi connectivity index (χ0n) is 12.0. The fourth-order valence-electron chi connectivity index (χ4n) is 1.92. The molecule has 0 bridgehead atoms. The van der Waals surface area contributed by atoms with Gasteiger partial charge in [0.05, 0.1) is 6.54 Å². The molecule has 2 rings (SSSR count). The molecule has 108 valence electrons. The van der Waals surface area contributed by atoms with Gasteiger partial charge in [-0.2, -0.15) is 0 Å². The molecule has 0 aliphatic carbocycles. The molecule has 0 aromatic heterocycles. The van der Waals surface area contributed by atoms with E-state index < -0.39 is 0 Å². The molecule has 0 aliphatic heterocycles. The number of hydrogen-bond donors (Lipinski definition) is 1. The van der Waals surface area contributed by atoms with Gasteiger partial charge in [0.2, 0.25) is 0 Å². The third-order valence-electron chi connectivity index (χ3n) is 3.12. The largest absolute Gasteiger partial charge is 0.489 e. The van der Waals surface area contributed by atoms with E-state index in [0.717, 1.165) is 17.7 Å². The molecular weight excluding hydrogens is 265 g/mol. The average Bonchev–Trinajstić information content (AvgIpc) is 2.52. The van der Waals surface area contributed by atoms with Crippen molar-refractivity contribution in [3.8, 4) is 17.6 Å². The summed E-state index contributed by atoms with van der Waals surface area (Å²) in [6.45, 7) is 2.70. The summed E-state index contributed by atoms with van der Waals surface area (Å²) in [5.41, 5.74) is 8.08. The van der Waals surface area contributed by atoms with Crippen LogP contribution < -0.4 is 10.5 Å². The molecule has 0 fully saturated rings. The van der Waals surface area contributed by atoms with Crippen LogP contribution in [0, 0.1) is 17.7 Å². The quantitative estimate of drug-likeness (QED) is 0.874. The van der Waals surface area contributed by atoms with E-state index in [0.29, 0.717) is 12.2 Å². The molecule has 0 aliphatic rings. The van der Waals surface area contributed by atoms with Gasteiger partial charge in [-0.1, -0.05) is 37.0 Å². The lowest BCUT2D eigenvalue weighted by molar-refractivity contribution is 0.305. The first-order chi connectivity index (χ1) is 10.2. The zero-order valence-corrected chi connectivity index (χ0v) is 12.0. The fourth-order valence-corrected chi connectivity index (χ4v) is 1.92. The summed E-state index contributed by atoms with van der Waals surface area (Å²) in [4.78, 5) is 0. The van der Waals surface area contributed by atoms with Crippen LogP contribution in [0.3, 0.4) is 0 Å². The molecule has 21 heavy (non-hydrogen) atoms. The highest BCUT2D eigenvalue weighted by Gasteiger charge is 2.03. The highest BCUT2D eigenvalue weighted by molar-refractivity contribution is 5.42. The summed E-state index contributed by atoms with van der Waals surface area (Å²) < 4.78 is 19.0. The van der Waals surface area contributed by atoms with Crippen LogP contribution in [0.1, 0.15) is 23.6 Å². The first-order valence-corrected chi connectivity index (χ1v) is 6.92. The Kier molecular flexibility index (Phi) is 5.36. The fraction of sp³-hybridized carbons (Fsp3) is 0.222. The number of ether oxygens (including phenoxy) is 1. The summed E-state index contributed by atoms with van der Waals surface area (Å²) in [5.74, 6) is 6.09. The van der Waals surface area contributed by atoms with E-state index in [1.54, 1.807) is 6.07 Å². The smallest absolute Gasteiger partial charge is 0.124 e. The molecule has 2 nitrogen and oxygen atoms in total. The number of halogens is 1. The summed E-state index contributed by atoms with van der Waals surface area (Å²) >= 11 is 0. The standard InChI is InChI=1S/C18H18FNO/c1-2-14-5-9-18(10-6-14)21-13-16-7-8-17(19)12-15(16)4-3-11-20/h5-10,12H,2,11,13,20H2,1H3. The van der Waals surface area contributed by atoms with Gasteiger partial charge in [0, 0.05) is 11.1 Å². The van der Waals surface area contributed by atoms with Crippen molar-refractivity contribution in [1.29, 1.82) is 0 Å². The summed E-state index contributed by atoms with van der Waals surface area (Å²) in [5, 5.41) is 0. The number of hydrogen-bond acceptors (Lipinski definition) is 2. The van der Waals surface area contributed by atoms with Crippen molar-refractivity contribution in [2.45, 2.75) is 20.0 Å². The zero-order chi connectivity index (χ0) is 15.1. The van der Waals surface area contributed by atoms with Crippen LogP contribution in [-0.2, 0) is 13.0 Å². The molecule has 0 unspecified atom stereocenters. The van der Waals surface area contributed by atoms with Crippen LogP contribution >= 0.6 is 0 Å². The second-order valence-electron chi connectivity index (χ2n) is 4.59. The molecule has 3 heteroatoms. The molecule has 0 atom stereocenters. The third-order valence-corrected chi connectivity index (χ3v) is 3.12. The van der Waals surface area contributed by atoms with Crippen LogP contribution in [0.4, 0.5) is 4.39 Å². The van der Waals surface area contributed by atoms with Crippen molar-refractivity contribution in [1.82, 2.24) is 0 Å². The maximum absolute atomic E-state index is 13.3. The minimum absolute atomic E-state index is 0.245. The third kappa shape index (κ3) is 4.34. The van der Waals surface area contributed by atoms with Gasteiger partial charge in [-0.25, -0.2) is 4.39 Å². The lowest BCUT2D eigenvalue weighted by Gasteiger charge is -2.09. The molecule has 0 radical (unpaired) electrons. The van der Waals surface area contributed by atoms with Crippen molar-refractivity contribution in [3.63, 3.8) is 0 Å². The molecule has 2 aromatic carbocycles. The summed E-state index contributed by atoms with van der Waals surface area (Å²) in [7, 11) is 0. The normalized spacial score (nSPS) is 9.86. The molecule has 0 saturated heterocycles. The van der Waals surface area contributed by atoms with E-state index in [1.165, 1.54) is 17.7 Å². The minimum atomic E-state index is -0.313. The lowest BCUT2D eigenvalue weighted by atomic mass is 10.1. The van der Waals surface area contributed by atoms with Crippen molar-refractivity contribution >= 4 is 0 Å². The lowest BCUT2D eigenvalue weighted by Crippen LogP contribution is -2.00. The SMILES string of the molecule is CCc1ccc(OCc2ccc(F)cc2C#CCN)cc1. The Balaban J connectivity index is 2.11. The van der Waals surface area contributed by atoms with Crippen LogP contribution in [0.5, 0.6) is 5.75 Å². The Bertz CT molecular complexity index is 653. The predicted molar refractivity (Wildman–Crippen MR) is 82.5 cm³/mol. The van der Waals surface area contributed by atoms with E-state index in [2.05, 4.69) is 18.8 Å². The Labute approximate surface area is 124 Å². The summed E-state index contributed by atoms with van der Waals surface area (Å²) in [6, 6.07) is 12.5. The Morgan fingerprint density at radius 2 is 1.90 bits per heavy atom. The molecule has 2 aromatic rings. The van der Waals surface area contributed by atoms with Crippen molar-refractivity contribution in [2.24, 2.45) is 5.73 Å². The first kappa shape index (κ1) is 15.1. The Hall–Kier alpha value is -2.31. The topological polar surface area (TPSA) is 35.2 Å². The highest BCUT2D eigenvalue weighted by atomic mass is 19.1. The maximum Gasteiger partial charge on any atom is 0.124 e. The van der Waals surface area contributed by atoms with Crippen LogP contribution in [0.15, 0.2) is 42.5 Å². The molecule has 0 saturated carbocycles. The second kappa shape index (κ2) is 7.47. The van der Waals surface area contributed by atoms with Gasteiger partial charge in [-0.05, 0) is 36.2 Å². The maximum atomic E-state index is 13.3. The molecule has 0 heterocycles. The van der Waals surface area contributed by atoms with Crippen molar-refractivity contribution in [3.05, 3.63) is 65.0 Å². The molecule has 0 amide bonds. The van der Waals surface area contributed by atoms with Gasteiger partial charge in [-0.15, -0.1) is 0 Å². The van der Waals surface area contributed by atoms with E-state index >= 15 is 0 Å². The van der Waals surface area contributed by atoms with E-state index in [9.17, 15) is 4.39 Å². The number of rotatable bonds is 4. The predicted octanol–water partition coefficient (Wildman–Crippen LogP) is 3.28. The Morgan fingerprint density at radius 1 is 1.14 bits per heavy atom. The number of nitrogens with two attached hydrogens (primary N) is 1. The van der Waals surface area contributed by atoms with Crippen LogP contribution in [-0.4, -0.2) is 6.54 Å². The Morgan fingerprint density at radius 3 is 2.57 bits per heavy atom. The number of aryl methyl sites for hydroxylation is 1. The average molecular weight is 283 g/mol. The monoisotopic (exact) mass is 283 g/mol. The van der Waals surface area contributed by atoms with Gasteiger partial charge in [0.15, 0.2) is 0 Å². The number of benzene rings is 2.